The second kappa shape index (κ2) is 12.3. The van der Waals surface area contributed by atoms with Gasteiger partial charge in [0.15, 0.2) is 11.5 Å². The van der Waals surface area contributed by atoms with Gasteiger partial charge in [0.05, 0.1) is 25.5 Å². The lowest BCUT2D eigenvalue weighted by Gasteiger charge is -2.36. The highest BCUT2D eigenvalue weighted by molar-refractivity contribution is 7.92. The highest BCUT2D eigenvalue weighted by Gasteiger charge is 2.34. The molecule has 0 bridgehead atoms. The van der Waals surface area contributed by atoms with Crippen molar-refractivity contribution in [1.29, 1.82) is 0 Å². The van der Waals surface area contributed by atoms with Crippen LogP contribution in [-0.2, 0) is 19.6 Å². The molecule has 9 nitrogen and oxygen atoms in total. The Morgan fingerprint density at radius 1 is 1.11 bits per heavy atom. The summed E-state index contributed by atoms with van der Waals surface area (Å²) >= 11 is 0. The smallest absolute Gasteiger partial charge is 0.340 e. The van der Waals surface area contributed by atoms with E-state index >= 15 is 0 Å². The van der Waals surface area contributed by atoms with Crippen LogP contribution < -0.4 is 14.2 Å². The number of carbonyl (C=O) groups is 2. The Labute approximate surface area is 223 Å². The first-order valence-corrected chi connectivity index (χ1v) is 13.9. The summed E-state index contributed by atoms with van der Waals surface area (Å²) in [5.74, 6) is -0.752. The van der Waals surface area contributed by atoms with Crippen molar-refractivity contribution in [2.45, 2.75) is 51.0 Å². The number of hydrogen-bond acceptors (Lipinski definition) is 7. The molecule has 2 aromatic rings. The van der Waals surface area contributed by atoms with Gasteiger partial charge in [0.1, 0.15) is 11.0 Å². The standard InChI is InChI=1S/C28H35NO8S/c1-17(2)20-12-10-18(3)14-23(20)37-28(32)21-8-6-7-9-22(21)29-38(33,34)25-16-19(11-13-26(30)31)15-24(35-4)27(25)36-5/h6-9,11,13,15-18,20,23,29H,10,12,14H2,1-5H3,(H,30,31). The van der Waals surface area contributed by atoms with Gasteiger partial charge < -0.3 is 19.3 Å². The van der Waals surface area contributed by atoms with Crippen LogP contribution in [0.3, 0.4) is 0 Å². The topological polar surface area (TPSA) is 128 Å². The van der Waals surface area contributed by atoms with E-state index in [1.165, 1.54) is 44.6 Å². The summed E-state index contributed by atoms with van der Waals surface area (Å²) in [4.78, 5) is 24.0. The molecule has 0 amide bonds. The summed E-state index contributed by atoms with van der Waals surface area (Å²) < 4.78 is 46.1. The number of nitrogens with one attached hydrogen (secondary N) is 1. The van der Waals surface area contributed by atoms with Gasteiger partial charge in [-0.3, -0.25) is 4.72 Å². The second-order valence-electron chi connectivity index (χ2n) is 9.85. The highest BCUT2D eigenvalue weighted by atomic mass is 32.2. The summed E-state index contributed by atoms with van der Waals surface area (Å²) in [6.45, 7) is 6.37. The fourth-order valence-corrected chi connectivity index (χ4v) is 6.11. The van der Waals surface area contributed by atoms with Crippen molar-refractivity contribution < 1.29 is 37.3 Å². The monoisotopic (exact) mass is 545 g/mol. The van der Waals surface area contributed by atoms with E-state index in [0.29, 0.717) is 11.8 Å². The number of sulfonamides is 1. The molecule has 1 saturated carbocycles. The zero-order valence-electron chi connectivity index (χ0n) is 22.3. The highest BCUT2D eigenvalue weighted by Crippen LogP contribution is 2.38. The molecule has 1 fully saturated rings. The van der Waals surface area contributed by atoms with E-state index in [4.69, 9.17) is 19.3 Å². The number of hydrogen-bond donors (Lipinski definition) is 2. The van der Waals surface area contributed by atoms with Crippen molar-refractivity contribution in [3.8, 4) is 11.5 Å². The number of carboxylic acid groups (broad SMARTS) is 1. The number of methoxy groups -OCH3 is 2. The van der Waals surface area contributed by atoms with Crippen LogP contribution in [0, 0.1) is 17.8 Å². The van der Waals surface area contributed by atoms with Gasteiger partial charge in [-0.1, -0.05) is 39.3 Å². The van der Waals surface area contributed by atoms with Crippen molar-refractivity contribution in [2.75, 3.05) is 18.9 Å². The van der Waals surface area contributed by atoms with Crippen molar-refractivity contribution >= 4 is 33.7 Å². The maximum atomic E-state index is 13.5. The van der Waals surface area contributed by atoms with Gasteiger partial charge in [0.2, 0.25) is 0 Å². The van der Waals surface area contributed by atoms with Crippen molar-refractivity contribution in [3.63, 3.8) is 0 Å². The summed E-state index contributed by atoms with van der Waals surface area (Å²) in [7, 11) is -1.68. The largest absolute Gasteiger partial charge is 0.493 e. The van der Waals surface area contributed by atoms with Crippen LogP contribution in [0.2, 0.25) is 0 Å². The van der Waals surface area contributed by atoms with Crippen LogP contribution in [0.25, 0.3) is 6.08 Å². The Balaban J connectivity index is 1.96. The number of carboxylic acids is 1. The molecule has 0 aliphatic heterocycles. The summed E-state index contributed by atoms with van der Waals surface area (Å²) in [5.41, 5.74) is 0.406. The molecule has 0 radical (unpaired) electrons. The Hall–Kier alpha value is -3.53. The number of anilines is 1. The number of benzene rings is 2. The average molecular weight is 546 g/mol. The van der Waals surface area contributed by atoms with E-state index in [1.807, 2.05) is 0 Å². The molecular weight excluding hydrogens is 510 g/mol. The van der Waals surface area contributed by atoms with E-state index in [1.54, 1.807) is 12.1 Å². The molecule has 206 valence electrons. The number of rotatable bonds is 10. The van der Waals surface area contributed by atoms with Crippen LogP contribution >= 0.6 is 0 Å². The summed E-state index contributed by atoms with van der Waals surface area (Å²) in [5, 5.41) is 8.97. The van der Waals surface area contributed by atoms with Crippen molar-refractivity contribution in [1.82, 2.24) is 0 Å². The fraction of sp³-hybridized carbons (Fsp3) is 0.429. The normalized spacial score (nSPS) is 19.8. The Bertz CT molecular complexity index is 1300. The molecule has 2 aromatic carbocycles. The molecule has 38 heavy (non-hydrogen) atoms. The first kappa shape index (κ1) is 29.0. The molecule has 2 N–H and O–H groups in total. The van der Waals surface area contributed by atoms with Crippen LogP contribution in [0.1, 0.15) is 56.0 Å². The van der Waals surface area contributed by atoms with E-state index < -0.39 is 22.0 Å². The van der Waals surface area contributed by atoms with Crippen LogP contribution in [0.15, 0.2) is 47.4 Å². The van der Waals surface area contributed by atoms with E-state index in [-0.39, 0.29) is 45.2 Å². The number of esters is 1. The van der Waals surface area contributed by atoms with Gasteiger partial charge in [-0.25, -0.2) is 18.0 Å². The van der Waals surface area contributed by atoms with Gasteiger partial charge in [-0.2, -0.15) is 0 Å². The van der Waals surface area contributed by atoms with Crippen LogP contribution in [0.4, 0.5) is 5.69 Å². The summed E-state index contributed by atoms with van der Waals surface area (Å²) in [6.07, 6.45) is 4.69. The molecule has 0 spiro atoms. The third-order valence-corrected chi connectivity index (χ3v) is 8.16. The predicted octanol–water partition coefficient (Wildman–Crippen LogP) is 5.22. The zero-order valence-corrected chi connectivity index (χ0v) is 23.1. The number of ether oxygens (including phenoxy) is 3. The summed E-state index contributed by atoms with van der Waals surface area (Å²) in [6, 6.07) is 8.96. The SMILES string of the molecule is COc1cc(C=CC(=O)O)cc(S(=O)(=O)Nc2ccccc2C(=O)OC2CC(C)CCC2C(C)C)c1OC. The lowest BCUT2D eigenvalue weighted by molar-refractivity contribution is -0.131. The Kier molecular flexibility index (Phi) is 9.43. The average Bonchev–Trinajstić information content (AvgIpc) is 2.86. The minimum Gasteiger partial charge on any atom is -0.493 e. The van der Waals surface area contributed by atoms with E-state index in [0.717, 1.165) is 25.3 Å². The quantitative estimate of drug-likeness (QED) is 0.307. The number of carbonyl (C=O) groups excluding carboxylic acids is 1. The Morgan fingerprint density at radius 3 is 2.45 bits per heavy atom. The van der Waals surface area contributed by atoms with Crippen molar-refractivity contribution in [3.05, 3.63) is 53.6 Å². The number of aliphatic carboxylic acids is 1. The maximum absolute atomic E-state index is 13.5. The van der Waals surface area contributed by atoms with Gasteiger partial charge in [0, 0.05) is 6.08 Å². The molecule has 0 saturated heterocycles. The third kappa shape index (κ3) is 6.86. The molecule has 0 aromatic heterocycles. The van der Waals surface area contributed by atoms with Gasteiger partial charge in [-0.15, -0.1) is 0 Å². The third-order valence-electron chi connectivity index (χ3n) is 6.79. The first-order valence-electron chi connectivity index (χ1n) is 12.5. The number of para-hydroxylation sites is 1. The molecule has 1 aliphatic rings. The maximum Gasteiger partial charge on any atom is 0.340 e. The molecular formula is C28H35NO8S. The Morgan fingerprint density at radius 2 is 1.82 bits per heavy atom. The second-order valence-corrected chi connectivity index (χ2v) is 11.5. The molecule has 1 aliphatic carbocycles. The lowest BCUT2D eigenvalue weighted by Crippen LogP contribution is -2.36. The van der Waals surface area contributed by atoms with E-state index in [2.05, 4.69) is 25.5 Å². The van der Waals surface area contributed by atoms with E-state index in [9.17, 15) is 18.0 Å². The van der Waals surface area contributed by atoms with Gasteiger partial charge >= 0.3 is 11.9 Å². The van der Waals surface area contributed by atoms with Gasteiger partial charge in [0.25, 0.3) is 10.0 Å². The minimum absolute atomic E-state index is 0.0509. The molecule has 10 heteroatoms. The molecule has 3 unspecified atom stereocenters. The first-order chi connectivity index (χ1) is 18.0. The predicted molar refractivity (Wildman–Crippen MR) is 144 cm³/mol. The fourth-order valence-electron chi connectivity index (χ4n) is 4.81. The molecule has 3 rings (SSSR count). The molecule has 0 heterocycles. The van der Waals surface area contributed by atoms with Crippen LogP contribution in [0.5, 0.6) is 11.5 Å². The minimum atomic E-state index is -4.32. The molecule has 3 atom stereocenters. The zero-order chi connectivity index (χ0) is 28.0. The van der Waals surface area contributed by atoms with Gasteiger partial charge in [-0.05, 0) is 66.5 Å². The van der Waals surface area contributed by atoms with Crippen molar-refractivity contribution in [2.24, 2.45) is 17.8 Å². The van der Waals surface area contributed by atoms with Crippen LogP contribution in [-0.4, -0.2) is 45.8 Å². The lowest BCUT2D eigenvalue weighted by atomic mass is 9.75.